The number of nitrogens with one attached hydrogen (secondary N) is 1. The van der Waals surface area contributed by atoms with Crippen LogP contribution < -0.4 is 14.8 Å². The summed E-state index contributed by atoms with van der Waals surface area (Å²) >= 11 is 0.901. The van der Waals surface area contributed by atoms with Crippen LogP contribution in [-0.4, -0.2) is 41.8 Å². The van der Waals surface area contributed by atoms with Gasteiger partial charge in [-0.25, -0.2) is 0 Å². The van der Waals surface area contributed by atoms with Crippen molar-refractivity contribution < 1.29 is 23.9 Å². The Morgan fingerprint density at radius 1 is 1.25 bits per heavy atom. The van der Waals surface area contributed by atoms with E-state index >= 15 is 0 Å². The van der Waals surface area contributed by atoms with Crippen LogP contribution in [0.25, 0.3) is 6.08 Å². The summed E-state index contributed by atoms with van der Waals surface area (Å²) < 4.78 is 10.6. The fraction of sp³-hybridized carbons (Fsp3) is 0.350. The van der Waals surface area contributed by atoms with Crippen molar-refractivity contribution in [3.63, 3.8) is 0 Å². The summed E-state index contributed by atoms with van der Waals surface area (Å²) in [7, 11) is 0. The molecule has 1 fully saturated rings. The molecule has 7 nitrogen and oxygen atoms in total. The smallest absolute Gasteiger partial charge is 0.293 e. The highest BCUT2D eigenvalue weighted by molar-refractivity contribution is 8.18. The second-order valence-electron chi connectivity index (χ2n) is 6.72. The van der Waals surface area contributed by atoms with Gasteiger partial charge in [-0.3, -0.25) is 19.3 Å². The quantitative estimate of drug-likeness (QED) is 0.604. The summed E-state index contributed by atoms with van der Waals surface area (Å²) in [6.07, 6.45) is 8.25. The van der Waals surface area contributed by atoms with E-state index < -0.39 is 0 Å². The standard InChI is InChI=1S/C20H20N2O5S/c23-18(14-4-2-1-3-5-14)21-8-9-22-19(24)17(28-20(22)25)11-13-6-7-15-16(10-13)27-12-26-15/h1-2,6-7,10-11,14H,3-5,8-9,12H2,(H,21,23)/b17-11-/t14-/m0/s1. The fourth-order valence-corrected chi connectivity index (χ4v) is 4.18. The first-order valence-electron chi connectivity index (χ1n) is 9.19. The minimum atomic E-state index is -0.345. The summed E-state index contributed by atoms with van der Waals surface area (Å²) in [5.74, 6) is 0.892. The Labute approximate surface area is 166 Å². The molecule has 1 saturated heterocycles. The number of nitrogens with zero attached hydrogens (tertiary/aromatic N) is 1. The zero-order valence-corrected chi connectivity index (χ0v) is 16.0. The number of imide groups is 1. The molecular formula is C20H20N2O5S. The van der Waals surface area contributed by atoms with Crippen LogP contribution in [0, 0.1) is 5.92 Å². The number of rotatable bonds is 5. The summed E-state index contributed by atoms with van der Waals surface area (Å²) in [5, 5.41) is 2.51. The number of allylic oxidation sites excluding steroid dienone is 2. The maximum atomic E-state index is 12.6. The second-order valence-corrected chi connectivity index (χ2v) is 7.71. The molecule has 1 atom stereocenters. The predicted molar refractivity (Wildman–Crippen MR) is 105 cm³/mol. The predicted octanol–water partition coefficient (Wildman–Crippen LogP) is 2.92. The number of carbonyl (C=O) groups excluding carboxylic acids is 3. The van der Waals surface area contributed by atoms with E-state index in [0.29, 0.717) is 16.4 Å². The molecule has 0 spiro atoms. The van der Waals surface area contributed by atoms with Crippen molar-refractivity contribution >= 4 is 34.9 Å². The Balaban J connectivity index is 1.34. The van der Waals surface area contributed by atoms with Crippen LogP contribution in [0.2, 0.25) is 0 Å². The van der Waals surface area contributed by atoms with Gasteiger partial charge in [0, 0.05) is 19.0 Å². The first kappa shape index (κ1) is 18.6. The lowest BCUT2D eigenvalue weighted by atomic mass is 9.94. The number of fused-ring (bicyclic) bond motifs is 1. The van der Waals surface area contributed by atoms with Crippen molar-refractivity contribution in [2.45, 2.75) is 19.3 Å². The van der Waals surface area contributed by atoms with Gasteiger partial charge in [0.2, 0.25) is 12.7 Å². The molecule has 3 aliphatic rings. The molecule has 2 aliphatic heterocycles. The van der Waals surface area contributed by atoms with Crippen LogP contribution in [-0.2, 0) is 9.59 Å². The Morgan fingerprint density at radius 2 is 2.11 bits per heavy atom. The lowest BCUT2D eigenvalue weighted by molar-refractivity contribution is -0.126. The first-order valence-corrected chi connectivity index (χ1v) is 10.0. The summed E-state index contributed by atoms with van der Waals surface area (Å²) in [6, 6.07) is 5.35. The molecule has 28 heavy (non-hydrogen) atoms. The van der Waals surface area contributed by atoms with Gasteiger partial charge in [-0.05, 0) is 54.8 Å². The van der Waals surface area contributed by atoms with Crippen LogP contribution in [0.3, 0.4) is 0 Å². The highest BCUT2D eigenvalue weighted by Crippen LogP contribution is 2.36. The lowest BCUT2D eigenvalue weighted by Gasteiger charge is -2.18. The Morgan fingerprint density at radius 3 is 2.93 bits per heavy atom. The zero-order valence-electron chi connectivity index (χ0n) is 15.2. The molecule has 0 aromatic heterocycles. The molecule has 1 aliphatic carbocycles. The van der Waals surface area contributed by atoms with Crippen molar-refractivity contribution in [1.82, 2.24) is 10.2 Å². The van der Waals surface area contributed by atoms with Gasteiger partial charge < -0.3 is 14.8 Å². The lowest BCUT2D eigenvalue weighted by Crippen LogP contribution is -2.39. The maximum absolute atomic E-state index is 12.6. The van der Waals surface area contributed by atoms with Crippen molar-refractivity contribution in [2.75, 3.05) is 19.9 Å². The Kier molecular flexibility index (Phi) is 5.38. The maximum Gasteiger partial charge on any atom is 0.293 e. The topological polar surface area (TPSA) is 84.9 Å². The molecule has 3 amide bonds. The van der Waals surface area contributed by atoms with Crippen LogP contribution in [0.5, 0.6) is 11.5 Å². The summed E-state index contributed by atoms with van der Waals surface area (Å²) in [4.78, 5) is 38.5. The van der Waals surface area contributed by atoms with E-state index in [1.54, 1.807) is 24.3 Å². The van der Waals surface area contributed by atoms with Crippen molar-refractivity contribution in [2.24, 2.45) is 5.92 Å². The molecule has 2 heterocycles. The third-order valence-corrected chi connectivity index (χ3v) is 5.75. The van der Waals surface area contributed by atoms with Crippen LogP contribution in [0.4, 0.5) is 4.79 Å². The molecule has 1 aromatic rings. The average molecular weight is 400 g/mol. The van der Waals surface area contributed by atoms with Crippen molar-refractivity contribution in [3.05, 3.63) is 40.8 Å². The van der Waals surface area contributed by atoms with Gasteiger partial charge in [-0.2, -0.15) is 0 Å². The molecule has 4 rings (SSSR count). The molecule has 0 unspecified atom stereocenters. The van der Waals surface area contributed by atoms with E-state index in [1.807, 2.05) is 6.08 Å². The van der Waals surface area contributed by atoms with Gasteiger partial charge in [-0.15, -0.1) is 0 Å². The third-order valence-electron chi connectivity index (χ3n) is 4.84. The van der Waals surface area contributed by atoms with Gasteiger partial charge in [0.15, 0.2) is 11.5 Å². The van der Waals surface area contributed by atoms with Gasteiger partial charge in [-0.1, -0.05) is 18.2 Å². The van der Waals surface area contributed by atoms with E-state index in [4.69, 9.17) is 9.47 Å². The number of thioether (sulfide) groups is 1. The van der Waals surface area contributed by atoms with E-state index in [-0.39, 0.29) is 42.9 Å². The minimum Gasteiger partial charge on any atom is -0.454 e. The molecule has 0 radical (unpaired) electrons. The van der Waals surface area contributed by atoms with Crippen molar-refractivity contribution in [3.8, 4) is 11.5 Å². The number of ether oxygens (including phenoxy) is 2. The van der Waals surface area contributed by atoms with Gasteiger partial charge in [0.25, 0.3) is 11.1 Å². The van der Waals surface area contributed by atoms with Crippen LogP contribution >= 0.6 is 11.8 Å². The fourth-order valence-electron chi connectivity index (χ4n) is 3.31. The minimum absolute atomic E-state index is 0.0211. The molecule has 8 heteroatoms. The first-order chi connectivity index (χ1) is 13.6. The highest BCUT2D eigenvalue weighted by Gasteiger charge is 2.35. The highest BCUT2D eigenvalue weighted by atomic mass is 32.2. The van der Waals surface area contributed by atoms with Crippen molar-refractivity contribution in [1.29, 1.82) is 0 Å². The number of benzene rings is 1. The monoisotopic (exact) mass is 400 g/mol. The number of carbonyl (C=O) groups is 3. The molecule has 146 valence electrons. The van der Waals surface area contributed by atoms with Crippen LogP contribution in [0.15, 0.2) is 35.3 Å². The zero-order chi connectivity index (χ0) is 19.5. The third kappa shape index (κ3) is 3.91. The average Bonchev–Trinajstić information content (AvgIpc) is 3.28. The summed E-state index contributed by atoms with van der Waals surface area (Å²) in [6.45, 7) is 0.601. The van der Waals surface area contributed by atoms with Gasteiger partial charge in [0.05, 0.1) is 4.91 Å². The van der Waals surface area contributed by atoms with Gasteiger partial charge >= 0.3 is 0 Å². The summed E-state index contributed by atoms with van der Waals surface area (Å²) in [5.41, 5.74) is 0.758. The number of amides is 3. The van der Waals surface area contributed by atoms with E-state index in [0.717, 1.165) is 36.6 Å². The normalized spacial score (nSPS) is 22.2. The van der Waals surface area contributed by atoms with E-state index in [1.165, 1.54) is 4.90 Å². The Hall–Kier alpha value is -2.74. The molecule has 0 saturated carbocycles. The van der Waals surface area contributed by atoms with Crippen LogP contribution in [0.1, 0.15) is 24.8 Å². The van der Waals surface area contributed by atoms with E-state index in [2.05, 4.69) is 11.4 Å². The van der Waals surface area contributed by atoms with Gasteiger partial charge in [0.1, 0.15) is 0 Å². The molecular weight excluding hydrogens is 380 g/mol. The Bertz CT molecular complexity index is 879. The van der Waals surface area contributed by atoms with E-state index in [9.17, 15) is 14.4 Å². The molecule has 1 N–H and O–H groups in total. The second kappa shape index (κ2) is 8.10. The molecule has 0 bridgehead atoms. The number of hydrogen-bond donors (Lipinski definition) is 1. The number of hydrogen-bond acceptors (Lipinski definition) is 6. The largest absolute Gasteiger partial charge is 0.454 e. The molecule has 1 aromatic carbocycles. The SMILES string of the molecule is O=C(NCCN1C(=O)S/C(=C\c2ccc3c(c2)OCO3)C1=O)[C@H]1CC=CCC1.